The Hall–Kier alpha value is -2.11. The van der Waals surface area contributed by atoms with Crippen LogP contribution in [0.1, 0.15) is 12.0 Å². The zero-order chi connectivity index (χ0) is 16.4. The van der Waals surface area contributed by atoms with Gasteiger partial charge in [0.05, 0.1) is 10.2 Å². The number of carbonyl (C=O) groups excluding carboxylic acids is 1. The van der Waals surface area contributed by atoms with E-state index < -0.39 is 0 Å². The first kappa shape index (κ1) is 15.8. The number of nitrogens with one attached hydrogen (secondary N) is 1. The molecular formula is C17H15ClN2O2S. The molecule has 1 amide bonds. The first-order valence-corrected chi connectivity index (χ1v) is 8.38. The molecule has 0 aliphatic carbocycles. The largest absolute Gasteiger partial charge is 0.326 e. The minimum absolute atomic E-state index is 0.0436. The normalized spacial score (nSPS) is 10.9. The number of rotatable bonds is 4. The minimum atomic E-state index is -0.141. The third-order valence-electron chi connectivity index (χ3n) is 3.61. The average molecular weight is 347 g/mol. The van der Waals surface area contributed by atoms with E-state index in [9.17, 15) is 9.59 Å². The van der Waals surface area contributed by atoms with Crippen LogP contribution in [0.4, 0.5) is 5.69 Å². The maximum absolute atomic E-state index is 12.2. The van der Waals surface area contributed by atoms with Gasteiger partial charge in [0.15, 0.2) is 0 Å². The number of hydrogen-bond acceptors (Lipinski definition) is 3. The molecule has 0 bridgehead atoms. The number of hydrogen-bond donors (Lipinski definition) is 1. The molecule has 0 atom stereocenters. The maximum atomic E-state index is 12.2. The molecule has 4 nitrogen and oxygen atoms in total. The van der Waals surface area contributed by atoms with Crippen LogP contribution in [0.15, 0.2) is 47.3 Å². The summed E-state index contributed by atoms with van der Waals surface area (Å²) >= 11 is 7.15. The standard InChI is InChI=1S/C17H15ClN2O2S/c1-11-6-7-12(18)10-13(11)19-16(21)8-9-20-14-4-2-3-5-15(14)23-17(20)22/h2-7,10H,8-9H2,1H3,(H,19,21). The van der Waals surface area contributed by atoms with E-state index in [4.69, 9.17) is 11.6 Å². The number of fused-ring (bicyclic) bond motifs is 1. The lowest BCUT2D eigenvalue weighted by atomic mass is 10.2. The zero-order valence-corrected chi connectivity index (χ0v) is 14.1. The number of aromatic nitrogens is 1. The summed E-state index contributed by atoms with van der Waals surface area (Å²) in [5.74, 6) is -0.141. The van der Waals surface area contributed by atoms with Gasteiger partial charge in [-0.05, 0) is 36.8 Å². The Bertz CT molecular complexity index is 930. The van der Waals surface area contributed by atoms with Crippen molar-refractivity contribution in [3.8, 4) is 0 Å². The van der Waals surface area contributed by atoms with E-state index in [2.05, 4.69) is 5.32 Å². The van der Waals surface area contributed by atoms with Gasteiger partial charge in [-0.2, -0.15) is 0 Å². The molecule has 1 heterocycles. The van der Waals surface area contributed by atoms with Crippen LogP contribution in [0.5, 0.6) is 0 Å². The molecule has 0 unspecified atom stereocenters. The highest BCUT2D eigenvalue weighted by molar-refractivity contribution is 7.16. The van der Waals surface area contributed by atoms with Crippen LogP contribution in [-0.4, -0.2) is 10.5 Å². The molecule has 0 radical (unpaired) electrons. The lowest BCUT2D eigenvalue weighted by Gasteiger charge is -2.09. The van der Waals surface area contributed by atoms with Crippen molar-refractivity contribution in [3.63, 3.8) is 0 Å². The van der Waals surface area contributed by atoms with E-state index in [0.717, 1.165) is 15.8 Å². The second-order valence-electron chi connectivity index (χ2n) is 5.24. The molecular weight excluding hydrogens is 332 g/mol. The SMILES string of the molecule is Cc1ccc(Cl)cc1NC(=O)CCn1c(=O)sc2ccccc21. The van der Waals surface area contributed by atoms with Crippen molar-refractivity contribution in [2.45, 2.75) is 19.9 Å². The Balaban J connectivity index is 1.72. The van der Waals surface area contributed by atoms with Gasteiger partial charge < -0.3 is 5.32 Å². The fourth-order valence-corrected chi connectivity index (χ4v) is 3.47. The van der Waals surface area contributed by atoms with Crippen molar-refractivity contribution in [3.05, 3.63) is 62.7 Å². The summed E-state index contributed by atoms with van der Waals surface area (Å²) in [6, 6.07) is 13.0. The Morgan fingerprint density at radius 1 is 1.26 bits per heavy atom. The highest BCUT2D eigenvalue weighted by Gasteiger charge is 2.10. The van der Waals surface area contributed by atoms with E-state index in [0.29, 0.717) is 17.3 Å². The van der Waals surface area contributed by atoms with E-state index >= 15 is 0 Å². The van der Waals surface area contributed by atoms with Crippen LogP contribution < -0.4 is 10.2 Å². The molecule has 3 aromatic rings. The first-order chi connectivity index (χ1) is 11.0. The molecule has 1 N–H and O–H groups in total. The van der Waals surface area contributed by atoms with Crippen molar-refractivity contribution >= 4 is 44.7 Å². The topological polar surface area (TPSA) is 51.1 Å². The highest BCUT2D eigenvalue weighted by Crippen LogP contribution is 2.21. The molecule has 0 spiro atoms. The Kier molecular flexibility index (Phi) is 4.50. The Morgan fingerprint density at radius 2 is 2.04 bits per heavy atom. The van der Waals surface area contributed by atoms with Gasteiger partial charge in [0.2, 0.25) is 5.91 Å². The van der Waals surface area contributed by atoms with E-state index in [1.54, 1.807) is 16.7 Å². The van der Waals surface area contributed by atoms with Crippen molar-refractivity contribution in [1.82, 2.24) is 4.57 Å². The fourth-order valence-electron chi connectivity index (χ4n) is 2.38. The van der Waals surface area contributed by atoms with E-state index in [1.165, 1.54) is 11.3 Å². The molecule has 0 fully saturated rings. The molecule has 1 aromatic heterocycles. The smallest absolute Gasteiger partial charge is 0.308 e. The number of anilines is 1. The number of amides is 1. The third-order valence-corrected chi connectivity index (χ3v) is 4.81. The predicted octanol–water partition coefficient (Wildman–Crippen LogP) is 4.05. The quantitative estimate of drug-likeness (QED) is 0.774. The molecule has 2 aromatic carbocycles. The number of para-hydroxylation sites is 1. The van der Waals surface area contributed by atoms with Gasteiger partial charge in [0.1, 0.15) is 0 Å². The summed E-state index contributed by atoms with van der Waals surface area (Å²) in [5, 5.41) is 3.42. The number of carbonyl (C=O) groups is 1. The van der Waals surface area contributed by atoms with Crippen LogP contribution in [0.3, 0.4) is 0 Å². The van der Waals surface area contributed by atoms with Crippen molar-refractivity contribution in [2.24, 2.45) is 0 Å². The van der Waals surface area contributed by atoms with Crippen molar-refractivity contribution in [1.29, 1.82) is 0 Å². The number of thiazole rings is 1. The number of halogens is 1. The van der Waals surface area contributed by atoms with E-state index in [1.807, 2.05) is 37.3 Å². The molecule has 0 saturated carbocycles. The summed E-state index contributed by atoms with van der Waals surface area (Å²) in [6.07, 6.45) is 0.229. The van der Waals surface area contributed by atoms with Gasteiger partial charge in [-0.15, -0.1) is 0 Å². The van der Waals surface area contributed by atoms with Gasteiger partial charge in [-0.25, -0.2) is 0 Å². The monoisotopic (exact) mass is 346 g/mol. The van der Waals surface area contributed by atoms with Gasteiger partial charge in [0, 0.05) is 23.7 Å². The Labute approximate surface area is 142 Å². The van der Waals surface area contributed by atoms with Crippen LogP contribution in [0, 0.1) is 6.92 Å². The molecule has 0 aliphatic heterocycles. The average Bonchev–Trinajstić information content (AvgIpc) is 2.84. The highest BCUT2D eigenvalue weighted by atomic mass is 35.5. The fraction of sp³-hybridized carbons (Fsp3) is 0.176. The summed E-state index contributed by atoms with van der Waals surface area (Å²) in [7, 11) is 0. The lowest BCUT2D eigenvalue weighted by molar-refractivity contribution is -0.116. The van der Waals surface area contributed by atoms with Crippen LogP contribution in [0.2, 0.25) is 5.02 Å². The molecule has 3 rings (SSSR count). The summed E-state index contributed by atoms with van der Waals surface area (Å²) in [6.45, 7) is 2.26. The van der Waals surface area contributed by atoms with Crippen LogP contribution >= 0.6 is 22.9 Å². The number of nitrogens with zero attached hydrogens (tertiary/aromatic N) is 1. The summed E-state index contributed by atoms with van der Waals surface area (Å²) < 4.78 is 2.58. The van der Waals surface area contributed by atoms with Gasteiger partial charge in [0.25, 0.3) is 0 Å². The summed E-state index contributed by atoms with van der Waals surface area (Å²) in [5.41, 5.74) is 2.51. The molecule has 118 valence electrons. The van der Waals surface area contributed by atoms with Gasteiger partial charge in [-0.1, -0.05) is 41.1 Å². The molecule has 23 heavy (non-hydrogen) atoms. The second kappa shape index (κ2) is 6.56. The molecule has 0 aliphatic rings. The first-order valence-electron chi connectivity index (χ1n) is 7.19. The van der Waals surface area contributed by atoms with Gasteiger partial charge >= 0.3 is 4.87 Å². The van der Waals surface area contributed by atoms with Crippen LogP contribution in [-0.2, 0) is 11.3 Å². The van der Waals surface area contributed by atoms with Crippen molar-refractivity contribution < 1.29 is 4.79 Å². The minimum Gasteiger partial charge on any atom is -0.326 e. The number of benzene rings is 2. The maximum Gasteiger partial charge on any atom is 0.308 e. The van der Waals surface area contributed by atoms with Crippen molar-refractivity contribution in [2.75, 3.05) is 5.32 Å². The molecule has 6 heteroatoms. The number of aryl methyl sites for hydroxylation is 2. The predicted molar refractivity (Wildman–Crippen MR) is 95.5 cm³/mol. The van der Waals surface area contributed by atoms with Crippen LogP contribution in [0.25, 0.3) is 10.2 Å². The molecule has 0 saturated heterocycles. The second-order valence-corrected chi connectivity index (χ2v) is 6.67. The zero-order valence-electron chi connectivity index (χ0n) is 12.5. The Morgan fingerprint density at radius 3 is 2.87 bits per heavy atom. The third kappa shape index (κ3) is 3.46. The summed E-state index contributed by atoms with van der Waals surface area (Å²) in [4.78, 5) is 24.1. The van der Waals surface area contributed by atoms with Gasteiger partial charge in [-0.3, -0.25) is 14.2 Å². The lowest BCUT2D eigenvalue weighted by Crippen LogP contribution is -2.19. The van der Waals surface area contributed by atoms with E-state index in [-0.39, 0.29) is 17.2 Å².